The first-order chi connectivity index (χ1) is 15.3. The summed E-state index contributed by atoms with van der Waals surface area (Å²) in [5.41, 5.74) is -1.42. The molecule has 0 radical (unpaired) electrons. The van der Waals surface area contributed by atoms with E-state index in [9.17, 15) is 14.4 Å². The smallest absolute Gasteiger partial charge is 0.407 e. The highest BCUT2D eigenvalue weighted by Crippen LogP contribution is 2.13. The van der Waals surface area contributed by atoms with Crippen molar-refractivity contribution < 1.29 is 33.4 Å². The maximum absolute atomic E-state index is 12.4. The van der Waals surface area contributed by atoms with Crippen molar-refractivity contribution >= 4 is 35.2 Å². The third-order valence-electron chi connectivity index (χ3n) is 3.32. The number of esters is 1. The maximum atomic E-state index is 12.4. The molecule has 0 bridgehead atoms. The number of oxime groups is 1. The molecule has 184 valence electrons. The average molecular weight is 484 g/mol. The average Bonchev–Trinajstić information content (AvgIpc) is 3.19. The second kappa shape index (κ2) is 12.8. The summed E-state index contributed by atoms with van der Waals surface area (Å²) in [6.45, 7) is 13.8. The van der Waals surface area contributed by atoms with Gasteiger partial charge in [-0.15, -0.1) is 11.3 Å². The lowest BCUT2D eigenvalue weighted by molar-refractivity contribution is -0.134. The van der Waals surface area contributed by atoms with Gasteiger partial charge in [0.1, 0.15) is 17.8 Å². The Hall–Kier alpha value is -3.08. The molecule has 1 aromatic heterocycles. The van der Waals surface area contributed by atoms with E-state index in [1.54, 1.807) is 59.1 Å². The van der Waals surface area contributed by atoms with Gasteiger partial charge in [0.15, 0.2) is 6.10 Å². The van der Waals surface area contributed by atoms with Crippen LogP contribution in [0.5, 0.6) is 0 Å². The lowest BCUT2D eigenvalue weighted by atomic mass is 10.2. The van der Waals surface area contributed by atoms with Gasteiger partial charge >= 0.3 is 18.2 Å². The Morgan fingerprint density at radius 1 is 1.06 bits per heavy atom. The van der Waals surface area contributed by atoms with Crippen LogP contribution in [0.4, 0.5) is 9.59 Å². The van der Waals surface area contributed by atoms with Gasteiger partial charge in [0, 0.05) is 0 Å². The van der Waals surface area contributed by atoms with Gasteiger partial charge in [0.25, 0.3) is 0 Å². The van der Waals surface area contributed by atoms with Crippen LogP contribution in [0.2, 0.25) is 0 Å². The van der Waals surface area contributed by atoms with Gasteiger partial charge in [0.2, 0.25) is 5.71 Å². The van der Waals surface area contributed by atoms with Gasteiger partial charge in [-0.2, -0.15) is 0 Å². The number of carbonyl (C=O) groups excluding carboxylic acids is 3. The second-order valence-electron chi connectivity index (χ2n) is 8.80. The van der Waals surface area contributed by atoms with Crippen molar-refractivity contribution in [3.05, 3.63) is 35.0 Å². The van der Waals surface area contributed by atoms with E-state index < -0.39 is 35.5 Å². The summed E-state index contributed by atoms with van der Waals surface area (Å²) in [5.74, 6) is -0.698. The van der Waals surface area contributed by atoms with Crippen LogP contribution in [0.3, 0.4) is 0 Å². The van der Waals surface area contributed by atoms with Crippen molar-refractivity contribution in [1.82, 2.24) is 10.6 Å². The van der Waals surface area contributed by atoms with E-state index in [0.717, 1.165) is 0 Å². The van der Waals surface area contributed by atoms with Gasteiger partial charge in [-0.3, -0.25) is 0 Å². The zero-order chi connectivity index (χ0) is 25.1. The summed E-state index contributed by atoms with van der Waals surface area (Å²) in [6.07, 6.45) is -0.738. The van der Waals surface area contributed by atoms with Crippen molar-refractivity contribution in [2.24, 2.45) is 5.16 Å². The number of carbonyl (C=O) groups is 3. The van der Waals surface area contributed by atoms with Crippen molar-refractivity contribution in [1.29, 1.82) is 0 Å². The highest BCUT2D eigenvalue weighted by molar-refractivity contribution is 7.13. The summed E-state index contributed by atoms with van der Waals surface area (Å²) >= 11 is 1.28. The molecule has 0 unspecified atom stereocenters. The Balaban J connectivity index is 2.94. The Bertz CT molecular complexity index is 792. The molecule has 1 heterocycles. The Labute approximate surface area is 198 Å². The van der Waals surface area contributed by atoms with E-state index >= 15 is 0 Å². The molecule has 2 amide bonds. The molecular formula is C22H33N3O7S. The van der Waals surface area contributed by atoms with Crippen LogP contribution in [-0.2, 0) is 23.8 Å². The molecule has 0 aliphatic rings. The van der Waals surface area contributed by atoms with Gasteiger partial charge in [-0.1, -0.05) is 23.9 Å². The third kappa shape index (κ3) is 12.5. The first-order valence-electron chi connectivity index (χ1n) is 10.3. The molecule has 2 N–H and O–H groups in total. The lowest BCUT2D eigenvalue weighted by Gasteiger charge is -2.23. The number of ether oxygens (including phenoxy) is 3. The minimum atomic E-state index is -0.841. The number of amides is 2. The highest BCUT2D eigenvalue weighted by Gasteiger charge is 2.23. The molecule has 0 atom stereocenters. The van der Waals surface area contributed by atoms with Crippen LogP contribution < -0.4 is 10.6 Å². The summed E-state index contributed by atoms with van der Waals surface area (Å²) in [6, 6.07) is 3.44. The summed E-state index contributed by atoms with van der Waals surface area (Å²) < 4.78 is 15.5. The minimum absolute atomic E-state index is 0.00700. The van der Waals surface area contributed by atoms with E-state index in [4.69, 9.17) is 19.0 Å². The molecule has 0 fully saturated rings. The van der Waals surface area contributed by atoms with Crippen molar-refractivity contribution in [3.63, 3.8) is 0 Å². The number of rotatable bonds is 10. The number of nitrogens with zero attached hydrogens (tertiary/aromatic N) is 1. The quantitative estimate of drug-likeness (QED) is 0.171. The molecule has 0 saturated heterocycles. The zero-order valence-corrected chi connectivity index (χ0v) is 20.7. The summed E-state index contributed by atoms with van der Waals surface area (Å²) in [5, 5.41) is 10.9. The second-order valence-corrected chi connectivity index (χ2v) is 9.75. The van der Waals surface area contributed by atoms with E-state index in [2.05, 4.69) is 22.4 Å². The summed E-state index contributed by atoms with van der Waals surface area (Å²) in [4.78, 5) is 42.5. The van der Waals surface area contributed by atoms with E-state index in [-0.39, 0.29) is 25.4 Å². The Kier molecular flexibility index (Phi) is 10.9. The molecule has 0 aliphatic carbocycles. The topological polar surface area (TPSA) is 125 Å². The SMILES string of the molecule is C=CCOC(=O)/C(=N\OC(CNC(=O)OC(C)(C)C)CNC(=O)OC(C)(C)C)c1cccs1. The molecule has 33 heavy (non-hydrogen) atoms. The first kappa shape index (κ1) is 28.0. The van der Waals surface area contributed by atoms with Crippen molar-refractivity contribution in [2.45, 2.75) is 58.8 Å². The van der Waals surface area contributed by atoms with E-state index in [1.807, 2.05) is 0 Å². The fraction of sp³-hybridized carbons (Fsp3) is 0.545. The number of nitrogens with one attached hydrogen (secondary N) is 2. The van der Waals surface area contributed by atoms with E-state index in [0.29, 0.717) is 4.88 Å². The molecule has 1 rings (SSSR count). The highest BCUT2D eigenvalue weighted by atomic mass is 32.1. The van der Waals surface area contributed by atoms with Crippen LogP contribution in [0, 0.1) is 0 Å². The maximum Gasteiger partial charge on any atom is 0.407 e. The standard InChI is InChI=1S/C22H33N3O7S/c1-8-11-29-18(26)17(16-10-9-12-33-16)25-32-15(13-23-19(27)30-21(2,3)4)14-24-20(28)31-22(5,6)7/h8-10,12,15H,1,11,13-14H2,2-7H3,(H,23,27)(H,24,28)/b25-17-. The van der Waals surface area contributed by atoms with Crippen molar-refractivity contribution in [2.75, 3.05) is 19.7 Å². The number of alkyl carbamates (subject to hydrolysis) is 2. The van der Waals surface area contributed by atoms with E-state index in [1.165, 1.54) is 17.4 Å². The molecule has 0 spiro atoms. The number of thiophene rings is 1. The predicted octanol–water partition coefficient (Wildman–Crippen LogP) is 3.62. The van der Waals surface area contributed by atoms with Gasteiger partial charge in [0.05, 0.1) is 18.0 Å². The molecule has 0 aliphatic heterocycles. The molecule has 0 aromatic carbocycles. The monoisotopic (exact) mass is 483 g/mol. The fourth-order valence-electron chi connectivity index (χ4n) is 2.10. The van der Waals surface area contributed by atoms with Gasteiger partial charge in [-0.05, 0) is 53.0 Å². The third-order valence-corrected chi connectivity index (χ3v) is 4.20. The number of hydrogen-bond donors (Lipinski definition) is 2. The summed E-state index contributed by atoms with van der Waals surface area (Å²) in [7, 11) is 0. The van der Waals surface area contributed by atoms with Crippen LogP contribution in [-0.4, -0.2) is 60.9 Å². The van der Waals surface area contributed by atoms with Crippen LogP contribution >= 0.6 is 11.3 Å². The number of hydrogen-bond acceptors (Lipinski definition) is 9. The minimum Gasteiger partial charge on any atom is -0.457 e. The largest absolute Gasteiger partial charge is 0.457 e. The fourth-order valence-corrected chi connectivity index (χ4v) is 2.79. The van der Waals surface area contributed by atoms with Gasteiger partial charge in [-0.25, -0.2) is 14.4 Å². The normalized spacial score (nSPS) is 12.0. The molecule has 11 heteroatoms. The predicted molar refractivity (Wildman–Crippen MR) is 125 cm³/mol. The zero-order valence-electron chi connectivity index (χ0n) is 19.9. The molecule has 0 saturated carbocycles. The molecular weight excluding hydrogens is 450 g/mol. The van der Waals surface area contributed by atoms with Gasteiger partial charge < -0.3 is 29.7 Å². The van der Waals surface area contributed by atoms with Crippen LogP contribution in [0.1, 0.15) is 46.4 Å². The lowest BCUT2D eigenvalue weighted by Crippen LogP contribution is -2.43. The van der Waals surface area contributed by atoms with Crippen LogP contribution in [0.25, 0.3) is 0 Å². The van der Waals surface area contributed by atoms with Crippen molar-refractivity contribution in [3.8, 4) is 0 Å². The Morgan fingerprint density at radius 2 is 1.61 bits per heavy atom. The molecule has 10 nitrogen and oxygen atoms in total. The molecule has 1 aromatic rings. The first-order valence-corrected chi connectivity index (χ1v) is 11.2. The van der Waals surface area contributed by atoms with Crippen LogP contribution in [0.15, 0.2) is 35.3 Å². The Morgan fingerprint density at radius 3 is 2.03 bits per heavy atom.